The molecule has 0 aliphatic rings. The maximum absolute atomic E-state index is 11.7. The van der Waals surface area contributed by atoms with E-state index < -0.39 is 12.0 Å². The van der Waals surface area contributed by atoms with Crippen LogP contribution in [-0.2, 0) is 4.79 Å². The molecule has 0 spiro atoms. The zero-order valence-corrected chi connectivity index (χ0v) is 7.16. The van der Waals surface area contributed by atoms with E-state index >= 15 is 0 Å². The first-order chi connectivity index (χ1) is 5.22. The van der Waals surface area contributed by atoms with Crippen LogP contribution in [0.3, 0.4) is 0 Å². The highest BCUT2D eigenvalue weighted by molar-refractivity contribution is 7.99. The molecule has 0 aliphatic carbocycles. The van der Waals surface area contributed by atoms with E-state index in [0.29, 0.717) is 12.2 Å². The number of aliphatic carboxylic acids is 1. The average Bonchev–Trinajstić information content (AvgIpc) is 1.97. The monoisotopic (exact) mass is 181 g/mol. The molecule has 0 rings (SSSR count). The Hall–Kier alpha value is -0.290. The van der Waals surface area contributed by atoms with Crippen molar-refractivity contribution in [3.63, 3.8) is 0 Å². The van der Waals surface area contributed by atoms with Crippen molar-refractivity contribution in [2.45, 2.75) is 19.4 Å². The fourth-order valence-electron chi connectivity index (χ4n) is 0.570. The highest BCUT2D eigenvalue weighted by Gasteiger charge is 2.15. The zero-order chi connectivity index (χ0) is 8.69. The fraction of sp³-hybridized carbons (Fsp3) is 0.833. The Balaban J connectivity index is 3.44. The van der Waals surface area contributed by atoms with Crippen molar-refractivity contribution in [2.24, 2.45) is 0 Å². The van der Waals surface area contributed by atoms with Crippen LogP contribution in [0.15, 0.2) is 0 Å². The number of thioether (sulfide) groups is 1. The van der Waals surface area contributed by atoms with Crippen molar-refractivity contribution in [3.8, 4) is 0 Å². The van der Waals surface area contributed by atoms with E-state index in [1.165, 1.54) is 5.54 Å². The van der Waals surface area contributed by atoms with Gasteiger partial charge in [0, 0.05) is 0 Å². The third-order valence-corrected chi connectivity index (χ3v) is 2.12. The minimum Gasteiger partial charge on any atom is -0.480 e. The van der Waals surface area contributed by atoms with Crippen molar-refractivity contribution < 1.29 is 14.4 Å². The molecule has 3 nitrogen and oxygen atoms in total. The van der Waals surface area contributed by atoms with Crippen LogP contribution in [0.1, 0.15) is 13.3 Å². The van der Waals surface area contributed by atoms with E-state index in [-0.39, 0.29) is 0 Å². The van der Waals surface area contributed by atoms with E-state index in [1.54, 1.807) is 11.8 Å². The molecule has 0 amide bonds. The molecule has 5 heteroatoms. The molecule has 0 aromatic heterocycles. The summed E-state index contributed by atoms with van der Waals surface area (Å²) in [6.45, 7) is 1.98. The number of halogens is 1. The maximum Gasteiger partial charge on any atom is 0.323 e. The molecule has 0 radical (unpaired) electrons. The summed E-state index contributed by atoms with van der Waals surface area (Å²) in [6.07, 6.45) is 0.324. The maximum atomic E-state index is 11.7. The fourth-order valence-corrected chi connectivity index (χ4v) is 1.26. The van der Waals surface area contributed by atoms with Gasteiger partial charge in [0.05, 0.1) is 0 Å². The highest BCUT2D eigenvalue weighted by atomic mass is 32.2. The first-order valence-corrected chi connectivity index (χ1v) is 4.54. The van der Waals surface area contributed by atoms with Gasteiger partial charge in [-0.25, -0.2) is 0 Å². The van der Waals surface area contributed by atoms with Gasteiger partial charge >= 0.3 is 5.97 Å². The van der Waals surface area contributed by atoms with Gasteiger partial charge in [-0.1, -0.05) is 6.92 Å². The Morgan fingerprint density at radius 3 is 2.82 bits per heavy atom. The van der Waals surface area contributed by atoms with Crippen molar-refractivity contribution in [3.05, 3.63) is 0 Å². The first kappa shape index (κ1) is 10.7. The van der Waals surface area contributed by atoms with E-state index in [0.717, 1.165) is 5.75 Å². The summed E-state index contributed by atoms with van der Waals surface area (Å²) in [4.78, 5) is 10.2. The summed E-state index contributed by atoms with van der Waals surface area (Å²) in [5, 5.41) is 8.36. The molecule has 0 fully saturated rings. The second-order valence-corrected chi connectivity index (χ2v) is 3.38. The molecule has 0 aromatic carbocycles. The van der Waals surface area contributed by atoms with Gasteiger partial charge in [-0.05, 0) is 17.9 Å². The van der Waals surface area contributed by atoms with Crippen molar-refractivity contribution in [1.29, 1.82) is 0 Å². The molecule has 0 saturated heterocycles. The van der Waals surface area contributed by atoms with Crippen LogP contribution in [0.4, 0.5) is 4.48 Å². The molecule has 2 N–H and O–H groups in total. The predicted octanol–water partition coefficient (Wildman–Crippen LogP) is 1.06. The molecule has 0 heterocycles. The summed E-state index contributed by atoms with van der Waals surface area (Å²) in [6, 6.07) is -1.05. The Bertz CT molecular complexity index is 123. The van der Waals surface area contributed by atoms with Gasteiger partial charge in [-0.15, -0.1) is 10.0 Å². The topological polar surface area (TPSA) is 49.3 Å². The second-order valence-electron chi connectivity index (χ2n) is 1.99. The van der Waals surface area contributed by atoms with Crippen LogP contribution in [0.2, 0.25) is 0 Å². The van der Waals surface area contributed by atoms with Crippen LogP contribution in [0.25, 0.3) is 0 Å². The lowest BCUT2D eigenvalue weighted by Gasteiger charge is -2.06. The minimum absolute atomic E-state index is 0.324. The van der Waals surface area contributed by atoms with E-state index in [1.807, 2.05) is 6.92 Å². The summed E-state index contributed by atoms with van der Waals surface area (Å²) in [7, 11) is 0. The van der Waals surface area contributed by atoms with E-state index in [9.17, 15) is 9.28 Å². The zero-order valence-electron chi connectivity index (χ0n) is 6.34. The number of rotatable bonds is 6. The third kappa shape index (κ3) is 5.03. The molecule has 66 valence electrons. The lowest BCUT2D eigenvalue weighted by Crippen LogP contribution is -2.31. The minimum atomic E-state index is -1.13. The molecule has 0 unspecified atom stereocenters. The standard InChI is InChI=1S/C6H12FNO2S/c1-2-11-4-3-5(8-7)6(9)10/h5,8H,2-4H2,1H3,(H,9,10)/t5-/m0/s1. The molecular formula is C6H12FNO2S. The molecule has 0 saturated carbocycles. The van der Waals surface area contributed by atoms with Crippen molar-refractivity contribution in [2.75, 3.05) is 11.5 Å². The van der Waals surface area contributed by atoms with Crippen LogP contribution >= 0.6 is 11.8 Å². The lowest BCUT2D eigenvalue weighted by molar-refractivity contribution is -0.140. The number of carboxylic acids is 1. The molecule has 11 heavy (non-hydrogen) atoms. The Labute approximate surface area is 69.3 Å². The molecule has 0 aromatic rings. The van der Waals surface area contributed by atoms with E-state index in [4.69, 9.17) is 5.11 Å². The Kier molecular flexibility index (Phi) is 6.25. The van der Waals surface area contributed by atoms with Crippen LogP contribution in [-0.4, -0.2) is 28.6 Å². The number of carboxylic acid groups (broad SMARTS) is 1. The van der Waals surface area contributed by atoms with Crippen LogP contribution < -0.4 is 5.54 Å². The summed E-state index contributed by atoms with van der Waals surface area (Å²) in [5.74, 6) is 0.465. The summed E-state index contributed by atoms with van der Waals surface area (Å²) < 4.78 is 11.7. The quantitative estimate of drug-likeness (QED) is 0.475. The number of carbonyl (C=O) groups is 1. The molecule has 1 atom stereocenters. The van der Waals surface area contributed by atoms with Gasteiger partial charge in [0.1, 0.15) is 6.04 Å². The average molecular weight is 181 g/mol. The normalized spacial score (nSPS) is 12.9. The Morgan fingerprint density at radius 2 is 2.45 bits per heavy atom. The number of hydrogen-bond donors (Lipinski definition) is 2. The van der Waals surface area contributed by atoms with Gasteiger partial charge in [0.25, 0.3) is 0 Å². The number of nitrogens with one attached hydrogen (secondary N) is 1. The number of hydrogen-bond acceptors (Lipinski definition) is 3. The van der Waals surface area contributed by atoms with Crippen molar-refractivity contribution >= 4 is 17.7 Å². The summed E-state index contributed by atoms with van der Waals surface area (Å²) >= 11 is 1.60. The molecule has 0 aliphatic heterocycles. The largest absolute Gasteiger partial charge is 0.480 e. The Morgan fingerprint density at radius 1 is 1.82 bits per heavy atom. The predicted molar refractivity (Wildman–Crippen MR) is 43.3 cm³/mol. The van der Waals surface area contributed by atoms with Gasteiger partial charge < -0.3 is 5.11 Å². The van der Waals surface area contributed by atoms with Crippen LogP contribution in [0, 0.1) is 0 Å². The second kappa shape index (κ2) is 6.42. The third-order valence-electron chi connectivity index (χ3n) is 1.18. The SMILES string of the molecule is CCSCC[C@H](NF)C(=O)O. The van der Waals surface area contributed by atoms with Gasteiger partial charge in [0.15, 0.2) is 0 Å². The van der Waals surface area contributed by atoms with Crippen molar-refractivity contribution in [1.82, 2.24) is 5.54 Å². The van der Waals surface area contributed by atoms with Gasteiger partial charge in [-0.3, -0.25) is 4.79 Å². The highest BCUT2D eigenvalue weighted by Crippen LogP contribution is 2.04. The lowest BCUT2D eigenvalue weighted by atomic mass is 10.2. The van der Waals surface area contributed by atoms with E-state index in [2.05, 4.69) is 0 Å². The van der Waals surface area contributed by atoms with Gasteiger partial charge in [0.2, 0.25) is 0 Å². The first-order valence-electron chi connectivity index (χ1n) is 3.39. The summed E-state index contributed by atoms with van der Waals surface area (Å²) in [5.41, 5.74) is 1.25. The van der Waals surface area contributed by atoms with Crippen LogP contribution in [0.5, 0.6) is 0 Å². The molecular weight excluding hydrogens is 169 g/mol. The van der Waals surface area contributed by atoms with Gasteiger partial charge in [-0.2, -0.15) is 11.8 Å². The molecule has 0 bridgehead atoms. The smallest absolute Gasteiger partial charge is 0.323 e.